The van der Waals surface area contributed by atoms with Gasteiger partial charge in [0.25, 0.3) is 0 Å². The number of halogens is 3. The molecule has 8 nitrogen and oxygen atoms in total. The molecule has 114 valence electrons. The summed E-state index contributed by atoms with van der Waals surface area (Å²) in [6.45, 7) is 0. The van der Waals surface area contributed by atoms with Crippen LogP contribution in [0, 0.1) is 4.91 Å². The molecule has 0 saturated carbocycles. The molecule has 0 atom stereocenters. The smallest absolute Gasteiger partial charge is 0.495 e. The highest BCUT2D eigenvalue weighted by Gasteiger charge is 2.49. The van der Waals surface area contributed by atoms with Crippen LogP contribution in [-0.2, 0) is 10.1 Å². The minimum Gasteiger partial charge on any atom is -0.495 e. The molecule has 2 rings (SSSR count). The maximum atomic E-state index is 12.4. The molecule has 0 aliphatic carbocycles. The van der Waals surface area contributed by atoms with E-state index in [2.05, 4.69) is 14.5 Å². The summed E-state index contributed by atoms with van der Waals surface area (Å²) in [6, 6.07) is 0.870. The largest absolute Gasteiger partial charge is 0.534 e. The van der Waals surface area contributed by atoms with Crippen LogP contribution >= 0.6 is 0 Å². The van der Waals surface area contributed by atoms with Gasteiger partial charge >= 0.3 is 15.6 Å². The summed E-state index contributed by atoms with van der Waals surface area (Å²) >= 11 is 0. The monoisotopic (exact) mass is 325 g/mol. The van der Waals surface area contributed by atoms with Crippen molar-refractivity contribution in [3.05, 3.63) is 23.4 Å². The van der Waals surface area contributed by atoms with Crippen molar-refractivity contribution in [1.82, 2.24) is 9.61 Å². The first-order chi connectivity index (χ1) is 9.69. The van der Waals surface area contributed by atoms with Gasteiger partial charge in [-0.1, -0.05) is 0 Å². The molecule has 0 amide bonds. The number of ether oxygens (including phenoxy) is 1. The molecule has 0 saturated heterocycles. The third-order valence-electron chi connectivity index (χ3n) is 2.35. The summed E-state index contributed by atoms with van der Waals surface area (Å²) in [4.78, 5) is 10.6. The molecule has 0 spiro atoms. The van der Waals surface area contributed by atoms with Crippen molar-refractivity contribution >= 4 is 21.3 Å². The van der Waals surface area contributed by atoms with Gasteiger partial charge in [0.15, 0.2) is 11.4 Å². The molecular formula is C9H6F3N3O5S. The van der Waals surface area contributed by atoms with Gasteiger partial charge in [0.1, 0.15) is 11.3 Å². The summed E-state index contributed by atoms with van der Waals surface area (Å²) in [6.07, 6.45) is 2.14. The van der Waals surface area contributed by atoms with Gasteiger partial charge in [-0.3, -0.25) is 0 Å². The molecule has 0 aliphatic heterocycles. The number of alkyl halides is 3. The van der Waals surface area contributed by atoms with Crippen LogP contribution in [0.2, 0.25) is 0 Å². The van der Waals surface area contributed by atoms with Gasteiger partial charge in [-0.2, -0.15) is 26.7 Å². The van der Waals surface area contributed by atoms with E-state index in [1.165, 1.54) is 13.3 Å². The SMILES string of the molecule is COc1cc(OS(=O)(=O)C(F)(F)F)c2c(N=O)cnn2c1. The molecular weight excluding hydrogens is 319 g/mol. The van der Waals surface area contributed by atoms with E-state index in [0.717, 1.165) is 16.8 Å². The Labute approximate surface area is 115 Å². The Morgan fingerprint density at radius 3 is 2.57 bits per heavy atom. The molecule has 2 aromatic rings. The van der Waals surface area contributed by atoms with E-state index < -0.39 is 21.4 Å². The lowest BCUT2D eigenvalue weighted by atomic mass is 10.3. The van der Waals surface area contributed by atoms with Gasteiger partial charge in [-0.15, -0.1) is 4.91 Å². The van der Waals surface area contributed by atoms with Crippen molar-refractivity contribution in [3.63, 3.8) is 0 Å². The third kappa shape index (κ3) is 2.61. The van der Waals surface area contributed by atoms with Crippen LogP contribution in [0.5, 0.6) is 11.5 Å². The second-order valence-corrected chi connectivity index (χ2v) is 5.18. The maximum absolute atomic E-state index is 12.4. The van der Waals surface area contributed by atoms with Gasteiger partial charge in [0, 0.05) is 6.07 Å². The van der Waals surface area contributed by atoms with Gasteiger partial charge in [0.05, 0.1) is 19.5 Å². The Morgan fingerprint density at radius 1 is 1.38 bits per heavy atom. The van der Waals surface area contributed by atoms with E-state index in [1.807, 2.05) is 0 Å². The van der Waals surface area contributed by atoms with E-state index in [4.69, 9.17) is 4.74 Å². The van der Waals surface area contributed by atoms with E-state index in [9.17, 15) is 26.5 Å². The van der Waals surface area contributed by atoms with Crippen molar-refractivity contribution in [1.29, 1.82) is 0 Å². The van der Waals surface area contributed by atoms with Crippen molar-refractivity contribution in [2.24, 2.45) is 5.18 Å². The average Bonchev–Trinajstić information content (AvgIpc) is 2.80. The average molecular weight is 325 g/mol. The lowest BCUT2D eigenvalue weighted by Gasteiger charge is -2.11. The maximum Gasteiger partial charge on any atom is 0.534 e. The summed E-state index contributed by atoms with van der Waals surface area (Å²) in [5, 5.41) is 6.17. The number of hydrogen-bond donors (Lipinski definition) is 0. The highest BCUT2D eigenvalue weighted by Crippen LogP contribution is 2.35. The van der Waals surface area contributed by atoms with Crippen molar-refractivity contribution in [2.45, 2.75) is 5.51 Å². The summed E-state index contributed by atoms with van der Waals surface area (Å²) in [7, 11) is -4.71. The third-order valence-corrected chi connectivity index (χ3v) is 3.32. The standard InChI is InChI=1S/C9H6F3N3O5S/c1-19-5-2-7(20-21(17,18)9(10,11)12)8-6(14-16)3-13-15(8)4-5/h2-4H,1H3. The zero-order chi connectivity index (χ0) is 15.8. The second-order valence-electron chi connectivity index (χ2n) is 3.64. The Morgan fingerprint density at radius 2 is 2.05 bits per heavy atom. The fourth-order valence-corrected chi connectivity index (χ4v) is 1.91. The number of methoxy groups -OCH3 is 1. The molecule has 0 bridgehead atoms. The fourth-order valence-electron chi connectivity index (χ4n) is 1.45. The minimum absolute atomic E-state index is 0.0320. The van der Waals surface area contributed by atoms with Crippen LogP contribution in [0.25, 0.3) is 5.52 Å². The zero-order valence-electron chi connectivity index (χ0n) is 10.2. The molecule has 2 aromatic heterocycles. The van der Waals surface area contributed by atoms with Crippen LogP contribution < -0.4 is 8.92 Å². The number of fused-ring (bicyclic) bond motifs is 1. The van der Waals surface area contributed by atoms with E-state index in [1.54, 1.807) is 0 Å². The summed E-state index contributed by atoms with van der Waals surface area (Å²) < 4.78 is 68.9. The second kappa shape index (κ2) is 4.87. The lowest BCUT2D eigenvalue weighted by molar-refractivity contribution is -0.0499. The normalized spacial score (nSPS) is 12.4. The Bertz CT molecular complexity index is 799. The molecule has 0 fully saturated rings. The first kappa shape index (κ1) is 15.0. The number of pyridine rings is 1. The highest BCUT2D eigenvalue weighted by atomic mass is 32.2. The van der Waals surface area contributed by atoms with Crippen LogP contribution in [0.15, 0.2) is 23.6 Å². The summed E-state index contributed by atoms with van der Waals surface area (Å²) in [5.74, 6) is -0.811. The quantitative estimate of drug-likeness (QED) is 0.484. The number of nitrogens with zero attached hydrogens (tertiary/aromatic N) is 3. The lowest BCUT2D eigenvalue weighted by Crippen LogP contribution is -2.28. The predicted octanol–water partition coefficient (Wildman–Crippen LogP) is 1.97. The van der Waals surface area contributed by atoms with Gasteiger partial charge in [0.2, 0.25) is 0 Å². The van der Waals surface area contributed by atoms with E-state index >= 15 is 0 Å². The zero-order valence-corrected chi connectivity index (χ0v) is 11.0. The van der Waals surface area contributed by atoms with Crippen molar-refractivity contribution < 1.29 is 30.5 Å². The minimum atomic E-state index is -5.91. The molecule has 0 unspecified atom stereocenters. The van der Waals surface area contributed by atoms with Gasteiger partial charge < -0.3 is 8.92 Å². The van der Waals surface area contributed by atoms with E-state index in [-0.39, 0.29) is 17.0 Å². The molecule has 2 heterocycles. The Kier molecular flexibility index (Phi) is 3.49. The topological polar surface area (TPSA) is 99.3 Å². The fraction of sp³-hybridized carbons (Fsp3) is 0.222. The van der Waals surface area contributed by atoms with Crippen LogP contribution in [0.1, 0.15) is 0 Å². The number of hydrogen-bond acceptors (Lipinski definition) is 7. The molecule has 12 heteroatoms. The number of nitroso groups, excluding NO2 is 1. The molecule has 0 aliphatic rings. The molecule has 0 radical (unpaired) electrons. The molecule has 0 aromatic carbocycles. The highest BCUT2D eigenvalue weighted by molar-refractivity contribution is 7.88. The first-order valence-corrected chi connectivity index (χ1v) is 6.50. The van der Waals surface area contributed by atoms with Crippen LogP contribution in [0.4, 0.5) is 18.9 Å². The van der Waals surface area contributed by atoms with Crippen LogP contribution in [-0.4, -0.2) is 30.7 Å². The predicted molar refractivity (Wildman–Crippen MR) is 62.8 cm³/mol. The van der Waals surface area contributed by atoms with Gasteiger partial charge in [-0.05, 0) is 5.18 Å². The van der Waals surface area contributed by atoms with Gasteiger partial charge in [-0.25, -0.2) is 4.52 Å². The van der Waals surface area contributed by atoms with E-state index in [0.29, 0.717) is 0 Å². The molecule has 0 N–H and O–H groups in total. The number of rotatable bonds is 4. The van der Waals surface area contributed by atoms with Crippen molar-refractivity contribution in [2.75, 3.05) is 7.11 Å². The first-order valence-electron chi connectivity index (χ1n) is 5.09. The number of aromatic nitrogens is 2. The summed E-state index contributed by atoms with van der Waals surface area (Å²) in [5.41, 5.74) is -6.34. The Balaban J connectivity index is 2.67. The molecule has 21 heavy (non-hydrogen) atoms. The Hall–Kier alpha value is -2.37. The van der Waals surface area contributed by atoms with Crippen molar-refractivity contribution in [3.8, 4) is 11.5 Å². The van der Waals surface area contributed by atoms with Crippen LogP contribution in [0.3, 0.4) is 0 Å².